The molecule has 0 heterocycles. The van der Waals surface area contributed by atoms with Crippen LogP contribution in [0.2, 0.25) is 0 Å². The molecule has 116 valence electrons. The number of hydrogen-bond acceptors (Lipinski definition) is 3. The molecule has 20 heavy (non-hydrogen) atoms. The van der Waals surface area contributed by atoms with Gasteiger partial charge in [0.2, 0.25) is 5.91 Å². The van der Waals surface area contributed by atoms with Crippen molar-refractivity contribution in [3.8, 4) is 0 Å². The first-order valence-corrected chi connectivity index (χ1v) is 7.93. The van der Waals surface area contributed by atoms with Crippen molar-refractivity contribution >= 4 is 23.1 Å². The van der Waals surface area contributed by atoms with Crippen LogP contribution >= 0.6 is 12.2 Å². The van der Waals surface area contributed by atoms with Gasteiger partial charge in [0.05, 0.1) is 24.1 Å². The number of ether oxygens (including phenoxy) is 1. The van der Waals surface area contributed by atoms with E-state index < -0.39 is 0 Å². The van der Waals surface area contributed by atoms with E-state index in [9.17, 15) is 4.79 Å². The fourth-order valence-corrected chi connectivity index (χ4v) is 3.01. The van der Waals surface area contributed by atoms with Crippen LogP contribution in [0.1, 0.15) is 46.0 Å². The third-order valence-corrected chi connectivity index (χ3v) is 4.13. The van der Waals surface area contributed by atoms with Crippen molar-refractivity contribution in [2.45, 2.75) is 52.1 Å². The van der Waals surface area contributed by atoms with E-state index in [4.69, 9.17) is 22.7 Å². The number of carbonyl (C=O) groups excluding carboxylic acids is 1. The standard InChI is InChI=1S/C15H28N2O2S/c1-11-8-12(2)10-13(9-11)19-7-5-15(18)17(3)6-4-14(16)20/h11-13H,4-10H2,1-3H3,(H2,16,20). The van der Waals surface area contributed by atoms with Crippen molar-refractivity contribution in [2.24, 2.45) is 17.6 Å². The van der Waals surface area contributed by atoms with Gasteiger partial charge in [-0.2, -0.15) is 0 Å². The molecule has 1 aliphatic rings. The number of carbonyl (C=O) groups is 1. The van der Waals surface area contributed by atoms with Gasteiger partial charge in [-0.05, 0) is 31.1 Å². The number of thiocarbonyl (C=S) groups is 1. The molecular formula is C15H28N2O2S. The SMILES string of the molecule is CC1CC(C)CC(OCCC(=O)N(C)CCC(N)=S)C1. The largest absolute Gasteiger partial charge is 0.393 e. The van der Waals surface area contributed by atoms with Gasteiger partial charge >= 0.3 is 0 Å². The van der Waals surface area contributed by atoms with Crippen LogP contribution < -0.4 is 5.73 Å². The van der Waals surface area contributed by atoms with Crippen LogP contribution in [0, 0.1) is 11.8 Å². The number of nitrogens with zero attached hydrogens (tertiary/aromatic N) is 1. The lowest BCUT2D eigenvalue weighted by molar-refractivity contribution is -0.131. The first-order chi connectivity index (χ1) is 9.38. The Balaban J connectivity index is 2.19. The third-order valence-electron chi connectivity index (χ3n) is 3.92. The van der Waals surface area contributed by atoms with Gasteiger partial charge in [0.15, 0.2) is 0 Å². The van der Waals surface area contributed by atoms with Crippen LogP contribution in [-0.2, 0) is 9.53 Å². The minimum atomic E-state index is 0.0955. The van der Waals surface area contributed by atoms with E-state index in [2.05, 4.69) is 13.8 Å². The Kier molecular flexibility index (Phi) is 7.45. The topological polar surface area (TPSA) is 55.6 Å². The van der Waals surface area contributed by atoms with Crippen molar-refractivity contribution in [3.63, 3.8) is 0 Å². The van der Waals surface area contributed by atoms with Crippen LogP contribution in [0.15, 0.2) is 0 Å². The monoisotopic (exact) mass is 300 g/mol. The van der Waals surface area contributed by atoms with Gasteiger partial charge in [-0.1, -0.05) is 26.1 Å². The lowest BCUT2D eigenvalue weighted by Crippen LogP contribution is -2.32. The van der Waals surface area contributed by atoms with Crippen LogP contribution in [0.25, 0.3) is 0 Å². The van der Waals surface area contributed by atoms with E-state index in [0.717, 1.165) is 24.7 Å². The van der Waals surface area contributed by atoms with E-state index in [1.807, 2.05) is 0 Å². The van der Waals surface area contributed by atoms with Gasteiger partial charge in [0.1, 0.15) is 0 Å². The molecule has 1 fully saturated rings. The summed E-state index contributed by atoms with van der Waals surface area (Å²) in [5.41, 5.74) is 5.43. The molecule has 1 saturated carbocycles. The van der Waals surface area contributed by atoms with Crippen molar-refractivity contribution in [3.05, 3.63) is 0 Å². The Hall–Kier alpha value is -0.680. The Bertz CT molecular complexity index is 326. The van der Waals surface area contributed by atoms with Crippen LogP contribution in [0.5, 0.6) is 0 Å². The van der Waals surface area contributed by atoms with Crippen molar-refractivity contribution in [2.75, 3.05) is 20.2 Å². The normalized spacial score (nSPS) is 26.2. The Labute approximate surface area is 128 Å². The molecule has 2 N–H and O–H groups in total. The summed E-state index contributed by atoms with van der Waals surface area (Å²) in [5.74, 6) is 1.55. The summed E-state index contributed by atoms with van der Waals surface area (Å²) in [6.07, 6.45) is 4.87. The van der Waals surface area contributed by atoms with Crippen LogP contribution in [-0.4, -0.2) is 42.1 Å². The van der Waals surface area contributed by atoms with Crippen molar-refractivity contribution in [1.29, 1.82) is 0 Å². The maximum Gasteiger partial charge on any atom is 0.224 e. The maximum atomic E-state index is 11.9. The summed E-state index contributed by atoms with van der Waals surface area (Å²) < 4.78 is 5.87. The zero-order chi connectivity index (χ0) is 15.1. The van der Waals surface area contributed by atoms with E-state index in [1.54, 1.807) is 11.9 Å². The minimum absolute atomic E-state index is 0.0955. The average Bonchev–Trinajstić information content (AvgIpc) is 2.34. The second kappa shape index (κ2) is 8.57. The summed E-state index contributed by atoms with van der Waals surface area (Å²) >= 11 is 4.81. The molecular weight excluding hydrogens is 272 g/mol. The molecule has 0 aliphatic heterocycles. The highest BCUT2D eigenvalue weighted by Gasteiger charge is 2.24. The summed E-state index contributed by atoms with van der Waals surface area (Å²) in [7, 11) is 1.78. The number of nitrogens with two attached hydrogens (primary N) is 1. The number of hydrogen-bond donors (Lipinski definition) is 1. The summed E-state index contributed by atoms with van der Waals surface area (Å²) in [4.78, 5) is 14.0. The van der Waals surface area contributed by atoms with Crippen LogP contribution in [0.3, 0.4) is 0 Å². The zero-order valence-electron chi connectivity index (χ0n) is 12.9. The van der Waals surface area contributed by atoms with E-state index in [1.165, 1.54) is 6.42 Å². The quantitative estimate of drug-likeness (QED) is 0.733. The van der Waals surface area contributed by atoms with E-state index in [0.29, 0.717) is 37.1 Å². The predicted octanol–water partition coefficient (Wildman–Crippen LogP) is 2.35. The average molecular weight is 300 g/mol. The molecule has 0 radical (unpaired) electrons. The van der Waals surface area contributed by atoms with Gasteiger partial charge in [-0.25, -0.2) is 0 Å². The molecule has 0 spiro atoms. The summed E-state index contributed by atoms with van der Waals surface area (Å²) in [6.45, 7) is 5.66. The third kappa shape index (κ3) is 6.66. The van der Waals surface area contributed by atoms with E-state index in [-0.39, 0.29) is 5.91 Å². The van der Waals surface area contributed by atoms with Crippen LogP contribution in [0.4, 0.5) is 0 Å². The first kappa shape index (κ1) is 17.4. The molecule has 0 aromatic carbocycles. The van der Waals surface area contributed by atoms with Gasteiger partial charge in [0, 0.05) is 20.0 Å². The molecule has 0 aromatic rings. The Morgan fingerprint density at radius 3 is 2.40 bits per heavy atom. The molecule has 0 aromatic heterocycles. The lowest BCUT2D eigenvalue weighted by Gasteiger charge is -2.31. The van der Waals surface area contributed by atoms with Gasteiger partial charge in [0.25, 0.3) is 0 Å². The first-order valence-electron chi connectivity index (χ1n) is 7.52. The summed E-state index contributed by atoms with van der Waals surface area (Å²) in [6, 6.07) is 0. The van der Waals surface area contributed by atoms with Gasteiger partial charge in [-0.3, -0.25) is 4.79 Å². The molecule has 0 saturated heterocycles. The van der Waals surface area contributed by atoms with Gasteiger partial charge in [-0.15, -0.1) is 0 Å². The molecule has 2 unspecified atom stereocenters. The number of rotatable bonds is 7. The maximum absolute atomic E-state index is 11.9. The highest BCUT2D eigenvalue weighted by Crippen LogP contribution is 2.30. The molecule has 1 aliphatic carbocycles. The Morgan fingerprint density at radius 1 is 1.25 bits per heavy atom. The smallest absolute Gasteiger partial charge is 0.224 e. The van der Waals surface area contributed by atoms with Gasteiger partial charge < -0.3 is 15.4 Å². The van der Waals surface area contributed by atoms with E-state index >= 15 is 0 Å². The molecule has 0 bridgehead atoms. The highest BCUT2D eigenvalue weighted by molar-refractivity contribution is 7.80. The van der Waals surface area contributed by atoms with Crippen molar-refractivity contribution < 1.29 is 9.53 Å². The molecule has 2 atom stereocenters. The minimum Gasteiger partial charge on any atom is -0.393 e. The lowest BCUT2D eigenvalue weighted by atomic mass is 9.82. The predicted molar refractivity (Wildman–Crippen MR) is 85.6 cm³/mol. The zero-order valence-corrected chi connectivity index (χ0v) is 13.7. The molecule has 4 nitrogen and oxygen atoms in total. The van der Waals surface area contributed by atoms with Crippen molar-refractivity contribution in [1.82, 2.24) is 4.90 Å². The summed E-state index contributed by atoms with van der Waals surface area (Å²) in [5, 5.41) is 0. The second-order valence-corrected chi connectivity index (χ2v) is 6.72. The highest BCUT2D eigenvalue weighted by atomic mass is 32.1. The molecule has 1 amide bonds. The molecule has 5 heteroatoms. The Morgan fingerprint density at radius 2 is 1.85 bits per heavy atom. The fraction of sp³-hybridized carbons (Fsp3) is 0.867. The fourth-order valence-electron chi connectivity index (χ4n) is 2.92. The molecule has 1 rings (SSSR count). The number of amides is 1. The second-order valence-electron chi connectivity index (χ2n) is 6.19.